The van der Waals surface area contributed by atoms with E-state index in [9.17, 15) is 14.4 Å². The number of pyridine rings is 1. The van der Waals surface area contributed by atoms with Crippen LogP contribution in [0.15, 0.2) is 48.7 Å². The van der Waals surface area contributed by atoms with E-state index in [0.29, 0.717) is 43.1 Å². The Balaban J connectivity index is 1.41. The van der Waals surface area contributed by atoms with Gasteiger partial charge in [-0.25, -0.2) is 4.98 Å². The largest absolute Gasteiger partial charge is 0.493 e. The molecule has 192 valence electrons. The van der Waals surface area contributed by atoms with E-state index in [0.717, 1.165) is 38.5 Å². The molecule has 2 aromatic rings. The lowest BCUT2D eigenvalue weighted by Crippen LogP contribution is -2.57. The molecule has 1 aromatic heterocycles. The van der Waals surface area contributed by atoms with Crippen molar-refractivity contribution in [2.24, 2.45) is 0 Å². The van der Waals surface area contributed by atoms with E-state index in [-0.39, 0.29) is 36.2 Å². The molecule has 1 fully saturated rings. The van der Waals surface area contributed by atoms with Crippen LogP contribution in [0.5, 0.6) is 5.75 Å². The van der Waals surface area contributed by atoms with Crippen LogP contribution in [-0.2, 0) is 9.59 Å². The molecule has 8 nitrogen and oxygen atoms in total. The van der Waals surface area contributed by atoms with Gasteiger partial charge in [-0.15, -0.1) is 0 Å². The van der Waals surface area contributed by atoms with Crippen molar-refractivity contribution in [1.29, 1.82) is 0 Å². The summed E-state index contributed by atoms with van der Waals surface area (Å²) in [7, 11) is 1.85. The predicted octanol–water partition coefficient (Wildman–Crippen LogP) is 4.28. The molecule has 0 bridgehead atoms. The molecule has 3 heterocycles. The molecular weight excluding hydrogens is 456 g/mol. The second kappa shape index (κ2) is 12.5. The SMILES string of the molecule is CN1C(=O)c2ccccc2OCCCCC[C@H]2[C@@H]1CCCN2C(=O)CCCC(=O)Nc1ccccn1. The molecule has 4 rings (SSSR count). The summed E-state index contributed by atoms with van der Waals surface area (Å²) in [6.07, 6.45) is 8.16. The minimum Gasteiger partial charge on any atom is -0.493 e. The average molecular weight is 493 g/mol. The molecule has 0 aliphatic carbocycles. The lowest BCUT2D eigenvalue weighted by Gasteiger charge is -2.45. The third-order valence-corrected chi connectivity index (χ3v) is 7.13. The number of benzene rings is 1. The summed E-state index contributed by atoms with van der Waals surface area (Å²) in [6.45, 7) is 1.27. The van der Waals surface area contributed by atoms with Gasteiger partial charge in [0.1, 0.15) is 11.6 Å². The van der Waals surface area contributed by atoms with E-state index < -0.39 is 0 Å². The molecule has 2 atom stereocenters. The van der Waals surface area contributed by atoms with Gasteiger partial charge in [-0.1, -0.05) is 24.6 Å². The van der Waals surface area contributed by atoms with Crippen LogP contribution >= 0.6 is 0 Å². The Bertz CT molecular complexity index is 1040. The molecule has 2 aliphatic rings. The maximum absolute atomic E-state index is 13.5. The number of anilines is 1. The number of hydrogen-bond donors (Lipinski definition) is 1. The van der Waals surface area contributed by atoms with Crippen LogP contribution in [0.4, 0.5) is 5.82 Å². The highest BCUT2D eigenvalue weighted by Gasteiger charge is 2.38. The first-order valence-electron chi connectivity index (χ1n) is 13.0. The Hall–Kier alpha value is -3.42. The van der Waals surface area contributed by atoms with E-state index >= 15 is 0 Å². The minimum absolute atomic E-state index is 0.0185. The summed E-state index contributed by atoms with van der Waals surface area (Å²) in [5.74, 6) is 0.990. The third-order valence-electron chi connectivity index (χ3n) is 7.13. The van der Waals surface area contributed by atoms with Crippen LogP contribution in [0.25, 0.3) is 0 Å². The van der Waals surface area contributed by atoms with Crippen molar-refractivity contribution in [2.75, 3.05) is 25.5 Å². The van der Waals surface area contributed by atoms with Crippen LogP contribution in [0, 0.1) is 0 Å². The molecule has 0 saturated carbocycles. The molecule has 1 N–H and O–H groups in total. The molecule has 3 amide bonds. The molecule has 2 aliphatic heterocycles. The Morgan fingerprint density at radius 1 is 1.00 bits per heavy atom. The van der Waals surface area contributed by atoms with Crippen molar-refractivity contribution in [1.82, 2.24) is 14.8 Å². The van der Waals surface area contributed by atoms with Crippen molar-refractivity contribution < 1.29 is 19.1 Å². The molecule has 1 aromatic carbocycles. The average Bonchev–Trinajstić information content (AvgIpc) is 2.90. The number of ether oxygens (including phenoxy) is 1. The quantitative estimate of drug-likeness (QED) is 0.673. The van der Waals surface area contributed by atoms with Gasteiger partial charge >= 0.3 is 0 Å². The van der Waals surface area contributed by atoms with Gasteiger partial charge in [-0.2, -0.15) is 0 Å². The van der Waals surface area contributed by atoms with Gasteiger partial charge in [0.15, 0.2) is 0 Å². The van der Waals surface area contributed by atoms with Gasteiger partial charge in [-0.3, -0.25) is 14.4 Å². The molecular formula is C28H36N4O4. The van der Waals surface area contributed by atoms with E-state index in [4.69, 9.17) is 4.74 Å². The van der Waals surface area contributed by atoms with Crippen LogP contribution in [0.3, 0.4) is 0 Å². The van der Waals surface area contributed by atoms with Crippen molar-refractivity contribution in [2.45, 2.75) is 69.9 Å². The van der Waals surface area contributed by atoms with Gasteiger partial charge < -0.3 is 19.9 Å². The molecule has 8 heteroatoms. The van der Waals surface area contributed by atoms with Gasteiger partial charge in [0, 0.05) is 32.6 Å². The van der Waals surface area contributed by atoms with E-state index in [1.807, 2.05) is 47.2 Å². The summed E-state index contributed by atoms with van der Waals surface area (Å²) >= 11 is 0. The summed E-state index contributed by atoms with van der Waals surface area (Å²) < 4.78 is 5.93. The van der Waals surface area contributed by atoms with Crippen molar-refractivity contribution in [3.63, 3.8) is 0 Å². The highest BCUT2D eigenvalue weighted by atomic mass is 16.5. The van der Waals surface area contributed by atoms with Crippen LogP contribution < -0.4 is 10.1 Å². The van der Waals surface area contributed by atoms with Gasteiger partial charge in [0.2, 0.25) is 11.8 Å². The number of carbonyl (C=O) groups excluding carboxylic acids is 3. The number of hydrogen-bond acceptors (Lipinski definition) is 5. The fourth-order valence-electron chi connectivity index (χ4n) is 5.26. The fourth-order valence-corrected chi connectivity index (χ4v) is 5.26. The Kier molecular flexibility index (Phi) is 8.92. The van der Waals surface area contributed by atoms with Crippen molar-refractivity contribution >= 4 is 23.5 Å². The molecule has 36 heavy (non-hydrogen) atoms. The Labute approximate surface area is 213 Å². The highest BCUT2D eigenvalue weighted by molar-refractivity contribution is 5.97. The lowest BCUT2D eigenvalue weighted by molar-refractivity contribution is -0.137. The molecule has 0 unspecified atom stereocenters. The Morgan fingerprint density at radius 2 is 1.81 bits per heavy atom. The monoisotopic (exact) mass is 492 g/mol. The minimum atomic E-state index is -0.143. The maximum atomic E-state index is 13.5. The fraction of sp³-hybridized carbons (Fsp3) is 0.500. The summed E-state index contributed by atoms with van der Waals surface area (Å²) in [5, 5.41) is 2.77. The number of nitrogens with zero attached hydrogens (tertiary/aromatic N) is 3. The zero-order valence-electron chi connectivity index (χ0n) is 21.0. The molecule has 0 radical (unpaired) electrons. The lowest BCUT2D eigenvalue weighted by atomic mass is 9.89. The first-order chi connectivity index (χ1) is 17.5. The van der Waals surface area contributed by atoms with E-state index in [1.54, 1.807) is 18.3 Å². The van der Waals surface area contributed by atoms with Gasteiger partial charge in [0.05, 0.1) is 24.3 Å². The Morgan fingerprint density at radius 3 is 2.64 bits per heavy atom. The van der Waals surface area contributed by atoms with Crippen LogP contribution in [-0.4, -0.2) is 64.8 Å². The summed E-state index contributed by atoms with van der Waals surface area (Å²) in [4.78, 5) is 46.9. The van der Waals surface area contributed by atoms with Crippen LogP contribution in [0.1, 0.15) is 68.1 Å². The van der Waals surface area contributed by atoms with E-state index in [2.05, 4.69) is 10.3 Å². The van der Waals surface area contributed by atoms with Crippen molar-refractivity contribution in [3.8, 4) is 5.75 Å². The highest BCUT2D eigenvalue weighted by Crippen LogP contribution is 2.30. The second-order valence-electron chi connectivity index (χ2n) is 9.59. The number of aromatic nitrogens is 1. The summed E-state index contributed by atoms with van der Waals surface area (Å²) in [6, 6.07) is 12.7. The number of fused-ring (bicyclic) bond motifs is 2. The first kappa shape index (κ1) is 25.7. The van der Waals surface area contributed by atoms with Gasteiger partial charge in [0.25, 0.3) is 5.91 Å². The number of amides is 3. The molecule has 0 spiro atoms. The standard InChI is InChI=1S/C28H36N4O4/c1-31-22-13-10-19-32(27(34)17-9-16-26(33)30-25-15-6-7-18-29-25)23(22)12-3-2-8-20-36-24-14-5-4-11-21(24)28(31)35/h4-7,11,14-15,18,22-23H,2-3,8-10,12-13,16-17,19-20H2,1H3,(H,29,30,33)/t22-,23-/m0/s1. The van der Waals surface area contributed by atoms with E-state index in [1.165, 1.54) is 0 Å². The number of piperidine rings is 1. The molecule has 1 saturated heterocycles. The number of para-hydroxylation sites is 1. The topological polar surface area (TPSA) is 91.8 Å². The smallest absolute Gasteiger partial charge is 0.257 e. The third kappa shape index (κ3) is 6.42. The van der Waals surface area contributed by atoms with Crippen LogP contribution in [0.2, 0.25) is 0 Å². The zero-order valence-corrected chi connectivity index (χ0v) is 21.0. The number of likely N-dealkylation sites (N-methyl/N-ethyl adjacent to an activating group) is 1. The maximum Gasteiger partial charge on any atom is 0.257 e. The second-order valence-corrected chi connectivity index (χ2v) is 9.59. The number of likely N-dealkylation sites (tertiary alicyclic amines) is 1. The summed E-state index contributed by atoms with van der Waals surface area (Å²) in [5.41, 5.74) is 0.571. The predicted molar refractivity (Wildman–Crippen MR) is 138 cm³/mol. The number of nitrogens with one attached hydrogen (secondary N) is 1. The normalized spacial score (nSPS) is 20.8. The number of rotatable bonds is 5. The van der Waals surface area contributed by atoms with Gasteiger partial charge in [-0.05, 0) is 62.8 Å². The number of carbonyl (C=O) groups is 3. The first-order valence-corrected chi connectivity index (χ1v) is 13.0. The van der Waals surface area contributed by atoms with Crippen molar-refractivity contribution in [3.05, 3.63) is 54.2 Å². The zero-order chi connectivity index (χ0) is 25.3.